The lowest BCUT2D eigenvalue weighted by atomic mass is 9.97. The van der Waals surface area contributed by atoms with Crippen LogP contribution in [0.25, 0.3) is 22.0 Å². The minimum Gasteiger partial charge on any atom is -0.452 e. The molecular formula is C18H19N3O2. The molecule has 0 atom stereocenters. The van der Waals surface area contributed by atoms with Gasteiger partial charge in [0.15, 0.2) is 0 Å². The second-order valence-corrected chi connectivity index (χ2v) is 5.44. The van der Waals surface area contributed by atoms with E-state index >= 15 is 0 Å². The smallest absolute Gasteiger partial charge is 0.425 e. The van der Waals surface area contributed by atoms with Crippen LogP contribution in [0.2, 0.25) is 0 Å². The maximum absolute atomic E-state index is 11.1. The van der Waals surface area contributed by atoms with Crippen molar-refractivity contribution in [2.24, 2.45) is 0 Å². The van der Waals surface area contributed by atoms with Crippen LogP contribution in [0.3, 0.4) is 0 Å². The van der Waals surface area contributed by atoms with Crippen molar-refractivity contribution in [1.29, 1.82) is 0 Å². The van der Waals surface area contributed by atoms with Crippen molar-refractivity contribution in [3.05, 3.63) is 53.7 Å². The summed E-state index contributed by atoms with van der Waals surface area (Å²) < 4.78 is 4.53. The molecule has 0 fully saturated rings. The molecule has 3 rings (SSSR count). The van der Waals surface area contributed by atoms with Gasteiger partial charge in [0.2, 0.25) is 0 Å². The van der Waals surface area contributed by atoms with Gasteiger partial charge in [-0.15, -0.1) is 0 Å². The molecule has 3 aromatic rings. The van der Waals surface area contributed by atoms with E-state index in [1.165, 1.54) is 23.6 Å². The normalized spacial score (nSPS) is 10.6. The molecule has 0 saturated heterocycles. The molecule has 1 aromatic heterocycles. The number of carbonyl (C=O) groups is 1. The quantitative estimate of drug-likeness (QED) is 0.637. The number of aryl methyl sites for hydroxylation is 2. The van der Waals surface area contributed by atoms with Gasteiger partial charge in [0.1, 0.15) is 0 Å². The Kier molecular flexibility index (Phi) is 3.93. The molecule has 0 aliphatic rings. The summed E-state index contributed by atoms with van der Waals surface area (Å²) >= 11 is 0. The standard InChI is InChI=1S/C18H19N3O2/c1-11-10-13(20-21-18(22)23-3)8-9-14(11)17-12(2)19-16-7-5-4-6-15(16)17/h4-10,19-20H,1-3H3,(H,21,22). The lowest BCUT2D eigenvalue weighted by Crippen LogP contribution is -2.28. The summed E-state index contributed by atoms with van der Waals surface area (Å²) in [6, 6.07) is 14.3. The van der Waals surface area contributed by atoms with E-state index < -0.39 is 6.09 Å². The van der Waals surface area contributed by atoms with Crippen LogP contribution in [-0.2, 0) is 4.74 Å². The van der Waals surface area contributed by atoms with E-state index in [0.29, 0.717) is 0 Å². The first-order chi connectivity index (χ1) is 11.1. The summed E-state index contributed by atoms with van der Waals surface area (Å²) in [7, 11) is 1.32. The Morgan fingerprint density at radius 3 is 2.65 bits per heavy atom. The number of carbonyl (C=O) groups excluding carboxylic acids is 1. The van der Waals surface area contributed by atoms with E-state index in [0.717, 1.165) is 22.5 Å². The number of hydrogen-bond donors (Lipinski definition) is 3. The van der Waals surface area contributed by atoms with Crippen molar-refractivity contribution in [2.75, 3.05) is 12.5 Å². The first-order valence-corrected chi connectivity index (χ1v) is 7.38. The zero-order valence-corrected chi connectivity index (χ0v) is 13.4. The Bertz CT molecular complexity index is 868. The molecule has 3 N–H and O–H groups in total. The second-order valence-electron chi connectivity index (χ2n) is 5.44. The van der Waals surface area contributed by atoms with Gasteiger partial charge in [-0.2, -0.15) is 0 Å². The number of ether oxygens (including phenoxy) is 1. The zero-order chi connectivity index (χ0) is 16.4. The number of fused-ring (bicyclic) bond motifs is 1. The highest BCUT2D eigenvalue weighted by Crippen LogP contribution is 2.34. The average molecular weight is 309 g/mol. The lowest BCUT2D eigenvalue weighted by molar-refractivity contribution is 0.173. The highest BCUT2D eigenvalue weighted by Gasteiger charge is 2.12. The topological polar surface area (TPSA) is 66.2 Å². The molecule has 0 spiro atoms. The lowest BCUT2D eigenvalue weighted by Gasteiger charge is -2.11. The van der Waals surface area contributed by atoms with Crippen molar-refractivity contribution in [3.63, 3.8) is 0 Å². The molecule has 0 aliphatic carbocycles. The second kappa shape index (κ2) is 6.04. The molecule has 5 nitrogen and oxygen atoms in total. The Labute approximate surface area is 134 Å². The van der Waals surface area contributed by atoms with Gasteiger partial charge in [-0.3, -0.25) is 5.43 Å². The molecular weight excluding hydrogens is 290 g/mol. The summed E-state index contributed by atoms with van der Waals surface area (Å²) in [5.41, 5.74) is 11.9. The molecule has 2 aromatic carbocycles. The fourth-order valence-electron chi connectivity index (χ4n) is 2.82. The van der Waals surface area contributed by atoms with Crippen molar-refractivity contribution < 1.29 is 9.53 Å². The van der Waals surface area contributed by atoms with Gasteiger partial charge in [-0.25, -0.2) is 10.2 Å². The molecule has 5 heteroatoms. The third-order valence-electron chi connectivity index (χ3n) is 3.88. The highest BCUT2D eigenvalue weighted by molar-refractivity contribution is 5.98. The number of methoxy groups -OCH3 is 1. The maximum atomic E-state index is 11.1. The molecule has 0 unspecified atom stereocenters. The molecule has 0 saturated carbocycles. The number of benzene rings is 2. The van der Waals surface area contributed by atoms with E-state index in [4.69, 9.17) is 0 Å². The monoisotopic (exact) mass is 309 g/mol. The Hall–Kier alpha value is -2.95. The molecule has 118 valence electrons. The predicted molar refractivity (Wildman–Crippen MR) is 92.4 cm³/mol. The number of nitrogens with one attached hydrogen (secondary N) is 3. The summed E-state index contributed by atoms with van der Waals surface area (Å²) in [6.45, 7) is 4.14. The number of hydrogen-bond acceptors (Lipinski definition) is 3. The number of hydrazine groups is 1. The summed E-state index contributed by atoms with van der Waals surface area (Å²) in [5.74, 6) is 0. The van der Waals surface area contributed by atoms with Crippen molar-refractivity contribution in [2.45, 2.75) is 13.8 Å². The first-order valence-electron chi connectivity index (χ1n) is 7.38. The van der Waals surface area contributed by atoms with E-state index in [2.05, 4.69) is 52.6 Å². The number of amides is 1. The highest BCUT2D eigenvalue weighted by atomic mass is 16.5. The number of aromatic nitrogens is 1. The fourth-order valence-corrected chi connectivity index (χ4v) is 2.82. The van der Waals surface area contributed by atoms with Crippen LogP contribution in [0.5, 0.6) is 0 Å². The van der Waals surface area contributed by atoms with Crippen LogP contribution in [0, 0.1) is 13.8 Å². The Morgan fingerprint density at radius 1 is 1.13 bits per heavy atom. The number of H-pyrrole nitrogens is 1. The first kappa shape index (κ1) is 15.0. The van der Waals surface area contributed by atoms with Gasteiger partial charge < -0.3 is 9.72 Å². The average Bonchev–Trinajstić information content (AvgIpc) is 2.88. The zero-order valence-electron chi connectivity index (χ0n) is 13.4. The third kappa shape index (κ3) is 2.85. The van der Waals surface area contributed by atoms with Crippen molar-refractivity contribution in [3.8, 4) is 11.1 Å². The largest absolute Gasteiger partial charge is 0.452 e. The number of para-hydroxylation sites is 1. The van der Waals surface area contributed by atoms with Gasteiger partial charge in [0.25, 0.3) is 0 Å². The summed E-state index contributed by atoms with van der Waals surface area (Å²) in [5, 5.41) is 1.21. The molecule has 0 radical (unpaired) electrons. The van der Waals surface area contributed by atoms with Crippen LogP contribution < -0.4 is 10.9 Å². The summed E-state index contributed by atoms with van der Waals surface area (Å²) in [4.78, 5) is 14.5. The third-order valence-corrected chi connectivity index (χ3v) is 3.88. The van der Waals surface area contributed by atoms with Crippen LogP contribution in [0.1, 0.15) is 11.3 Å². The molecule has 0 aliphatic heterocycles. The molecule has 1 amide bonds. The minimum absolute atomic E-state index is 0.529. The van der Waals surface area contributed by atoms with Crippen LogP contribution in [0.4, 0.5) is 10.5 Å². The van der Waals surface area contributed by atoms with Crippen LogP contribution in [-0.4, -0.2) is 18.2 Å². The van der Waals surface area contributed by atoms with E-state index in [1.807, 2.05) is 24.3 Å². The van der Waals surface area contributed by atoms with Crippen molar-refractivity contribution in [1.82, 2.24) is 10.4 Å². The minimum atomic E-state index is -0.529. The van der Waals surface area contributed by atoms with Gasteiger partial charge in [0, 0.05) is 22.2 Å². The van der Waals surface area contributed by atoms with Gasteiger partial charge in [-0.05, 0) is 43.2 Å². The van der Waals surface area contributed by atoms with Gasteiger partial charge >= 0.3 is 6.09 Å². The number of rotatable bonds is 3. The molecule has 0 bridgehead atoms. The Balaban J connectivity index is 1.97. The van der Waals surface area contributed by atoms with Gasteiger partial charge in [-0.1, -0.05) is 24.3 Å². The number of anilines is 1. The summed E-state index contributed by atoms with van der Waals surface area (Å²) in [6.07, 6.45) is -0.529. The Morgan fingerprint density at radius 2 is 1.91 bits per heavy atom. The van der Waals surface area contributed by atoms with E-state index in [-0.39, 0.29) is 0 Å². The predicted octanol–water partition coefficient (Wildman–Crippen LogP) is 4.13. The molecule has 1 heterocycles. The number of aromatic amines is 1. The van der Waals surface area contributed by atoms with Crippen LogP contribution >= 0.6 is 0 Å². The maximum Gasteiger partial charge on any atom is 0.425 e. The van der Waals surface area contributed by atoms with Gasteiger partial charge in [0.05, 0.1) is 12.8 Å². The van der Waals surface area contributed by atoms with Crippen LogP contribution in [0.15, 0.2) is 42.5 Å². The van der Waals surface area contributed by atoms with E-state index in [9.17, 15) is 4.79 Å². The molecule has 23 heavy (non-hydrogen) atoms. The SMILES string of the molecule is COC(=O)NNc1ccc(-c2c(C)[nH]c3ccccc23)c(C)c1. The van der Waals surface area contributed by atoms with E-state index in [1.54, 1.807) is 0 Å². The van der Waals surface area contributed by atoms with Crippen molar-refractivity contribution >= 4 is 22.7 Å². The fraction of sp³-hybridized carbons (Fsp3) is 0.167.